The van der Waals surface area contributed by atoms with Crippen LogP contribution in [0.5, 0.6) is 34.5 Å². The molecule has 1 heterocycles. The maximum atomic E-state index is 11.1. The molecule has 0 bridgehead atoms. The molecular weight excluding hydrogens is 660 g/mol. The number of hydrogen-bond donors (Lipinski definition) is 7. The number of benzene rings is 3. The molecule has 0 atom stereocenters. The summed E-state index contributed by atoms with van der Waals surface area (Å²) < 4.78 is 0. The van der Waals surface area contributed by atoms with Crippen molar-refractivity contribution in [3.8, 4) is 34.5 Å². The molecule has 42 heavy (non-hydrogen) atoms. The second-order valence-corrected chi connectivity index (χ2v) is 10.2. The van der Waals surface area contributed by atoms with Gasteiger partial charge in [0.2, 0.25) is 0 Å². The van der Waals surface area contributed by atoms with E-state index in [0.29, 0.717) is 50.1 Å². The molecule has 12 heteroatoms. The van der Waals surface area contributed by atoms with Gasteiger partial charge in [0.1, 0.15) is 11.5 Å². The number of phenolic OH excluding ortho intramolecular Hbond substituents is 6. The molecule has 0 aliphatic carbocycles. The molecule has 0 fully saturated rings. The fourth-order valence-corrected chi connectivity index (χ4v) is 4.75. The number of hydrogen-bond acceptors (Lipinski definition) is 9. The largest absolute Gasteiger partial charge is 3.00 e. The predicted octanol–water partition coefficient (Wildman–Crippen LogP) is -0.725. The maximum Gasteiger partial charge on any atom is 3.00 e. The van der Waals surface area contributed by atoms with E-state index >= 15 is 0 Å². The van der Waals surface area contributed by atoms with Gasteiger partial charge in [0.05, 0.1) is 23.0 Å². The van der Waals surface area contributed by atoms with Crippen molar-refractivity contribution in [3.05, 3.63) is 67.3 Å². The van der Waals surface area contributed by atoms with Gasteiger partial charge in [0.15, 0.2) is 5.69 Å². The third-order valence-electron chi connectivity index (χ3n) is 8.26. The molecule has 0 saturated heterocycles. The van der Waals surface area contributed by atoms with Crippen molar-refractivity contribution >= 4 is 17.1 Å². The van der Waals surface area contributed by atoms with Crippen LogP contribution in [0, 0.1) is 68.4 Å². The topological polar surface area (TPSA) is 149 Å². The van der Waals surface area contributed by atoms with Crippen molar-refractivity contribution in [2.24, 2.45) is 5.10 Å². The van der Waals surface area contributed by atoms with Gasteiger partial charge in [-0.05, 0) is 135 Å². The summed E-state index contributed by atoms with van der Waals surface area (Å²) in [5.41, 5.74) is 8.02. The number of nitrogens with zero attached hydrogens (tertiary/aromatic N) is 2. The molecule has 0 amide bonds. The molecule has 4 rings (SSSR count). The predicted molar refractivity (Wildman–Crippen MR) is 151 cm³/mol. The van der Waals surface area contributed by atoms with E-state index in [1.807, 2.05) is 0 Å². The molecular formula is C30H34Cl2N3O6Zr. The van der Waals surface area contributed by atoms with Crippen LogP contribution in [0.3, 0.4) is 0 Å². The Hall–Kier alpha value is -3.07. The van der Waals surface area contributed by atoms with Crippen LogP contribution in [0.25, 0.3) is 5.70 Å². The summed E-state index contributed by atoms with van der Waals surface area (Å²) in [6.45, 7) is 15.6. The van der Waals surface area contributed by atoms with Crippen LogP contribution in [-0.2, 0) is 26.2 Å². The molecule has 223 valence electrons. The number of hydrazone groups is 1. The van der Waals surface area contributed by atoms with E-state index < -0.39 is 0 Å². The standard InChI is InChI=1S/C30H34N3O6.2ClH.Zr/c1-11-14(4)25(34)22(26(35)15(11)5)20-10-21(23-27(36)16(6)12(2)17(7)28(23)37)32-33(31-20)24-29(38)18(8)13(3)19(9)30(24)39;;;/h31,34-39H,1-9H3;2*1H;/q-1;;;+3/p-2. The van der Waals surface area contributed by atoms with Gasteiger partial charge in [0.25, 0.3) is 0 Å². The molecule has 0 unspecified atom stereocenters. The second-order valence-electron chi connectivity index (χ2n) is 10.2. The number of hydrazine groups is 1. The number of aromatic hydroxyl groups is 6. The van der Waals surface area contributed by atoms with Gasteiger partial charge in [-0.1, -0.05) is 0 Å². The van der Waals surface area contributed by atoms with Crippen molar-refractivity contribution in [2.45, 2.75) is 62.3 Å². The molecule has 9 nitrogen and oxygen atoms in total. The van der Waals surface area contributed by atoms with Gasteiger partial charge >= 0.3 is 26.2 Å². The van der Waals surface area contributed by atoms with Crippen LogP contribution in [-0.4, -0.2) is 36.4 Å². The molecule has 3 aromatic rings. The summed E-state index contributed by atoms with van der Waals surface area (Å²) in [6, 6.07) is 0. The molecule has 0 aromatic heterocycles. The van der Waals surface area contributed by atoms with Crippen LogP contribution < -0.4 is 35.4 Å². The normalized spacial score (nSPS) is 12.4. The van der Waals surface area contributed by atoms with Crippen molar-refractivity contribution in [2.75, 3.05) is 5.12 Å². The molecule has 1 radical (unpaired) electrons. The second kappa shape index (κ2) is 13.1. The van der Waals surface area contributed by atoms with Gasteiger partial charge in [-0.25, -0.2) is 0 Å². The summed E-state index contributed by atoms with van der Waals surface area (Å²) in [5.74, 6) is -1.36. The van der Waals surface area contributed by atoms with E-state index in [2.05, 4.69) is 16.6 Å². The van der Waals surface area contributed by atoms with E-state index in [1.165, 1.54) is 0 Å². The first-order chi connectivity index (χ1) is 18.1. The Morgan fingerprint density at radius 3 is 1.17 bits per heavy atom. The first-order valence-corrected chi connectivity index (χ1v) is 12.5. The van der Waals surface area contributed by atoms with Crippen LogP contribution in [0.4, 0.5) is 5.69 Å². The van der Waals surface area contributed by atoms with E-state index in [-0.39, 0.29) is 114 Å². The molecule has 3 aromatic carbocycles. The zero-order chi connectivity index (χ0) is 29.2. The number of rotatable bonds is 3. The number of nitrogens with one attached hydrogen (secondary N) is 1. The van der Waals surface area contributed by atoms with Gasteiger partial charge in [-0.2, -0.15) is 10.2 Å². The van der Waals surface area contributed by atoms with Crippen LogP contribution in [0.2, 0.25) is 0 Å². The van der Waals surface area contributed by atoms with Crippen molar-refractivity contribution in [3.63, 3.8) is 0 Å². The Balaban J connectivity index is 0.00000294. The quantitative estimate of drug-likeness (QED) is 0.178. The minimum atomic E-state index is -0.248. The van der Waals surface area contributed by atoms with E-state index in [0.717, 1.165) is 5.12 Å². The average Bonchev–Trinajstić information content (AvgIpc) is 2.91. The Labute approximate surface area is 277 Å². The monoisotopic (exact) mass is 692 g/mol. The number of allylic oxidation sites excluding steroid dienone is 1. The fraction of sp³-hybridized carbons (Fsp3) is 0.300. The third kappa shape index (κ3) is 5.52. The summed E-state index contributed by atoms with van der Waals surface area (Å²) in [6.07, 6.45) is 2.99. The summed E-state index contributed by atoms with van der Waals surface area (Å²) in [7, 11) is 0. The average molecular weight is 695 g/mol. The summed E-state index contributed by atoms with van der Waals surface area (Å²) in [5, 5.41) is 72.1. The molecule has 7 N–H and O–H groups in total. The van der Waals surface area contributed by atoms with Gasteiger partial charge < -0.3 is 60.9 Å². The van der Waals surface area contributed by atoms with Crippen LogP contribution >= 0.6 is 0 Å². The summed E-state index contributed by atoms with van der Waals surface area (Å²) >= 11 is 0. The fourth-order valence-electron chi connectivity index (χ4n) is 4.75. The van der Waals surface area contributed by atoms with Gasteiger partial charge in [-0.3, -0.25) is 0 Å². The first kappa shape index (κ1) is 37.0. The van der Waals surface area contributed by atoms with E-state index in [9.17, 15) is 30.6 Å². The maximum absolute atomic E-state index is 11.1. The van der Waals surface area contributed by atoms with E-state index in [4.69, 9.17) is 0 Å². The Morgan fingerprint density at radius 1 is 0.500 bits per heavy atom. The first-order valence-electron chi connectivity index (χ1n) is 12.5. The number of phenols is 6. The molecule has 1 aliphatic heterocycles. The Morgan fingerprint density at radius 2 is 0.810 bits per heavy atom. The van der Waals surface area contributed by atoms with Crippen LogP contribution in [0.1, 0.15) is 61.2 Å². The smallest absolute Gasteiger partial charge is 1.00 e. The third-order valence-corrected chi connectivity index (χ3v) is 8.26. The van der Waals surface area contributed by atoms with Crippen molar-refractivity contribution in [1.29, 1.82) is 0 Å². The molecule has 0 saturated carbocycles. The Kier molecular flexibility index (Phi) is 11.5. The molecule has 1 aliphatic rings. The van der Waals surface area contributed by atoms with E-state index in [1.54, 1.807) is 62.3 Å². The minimum absolute atomic E-state index is 0. The summed E-state index contributed by atoms with van der Waals surface area (Å²) in [4.78, 5) is 0. The molecule has 0 spiro atoms. The van der Waals surface area contributed by atoms with Gasteiger partial charge in [0, 0.05) is 0 Å². The minimum Gasteiger partial charge on any atom is -1.00 e. The van der Waals surface area contributed by atoms with Crippen LogP contribution in [0.15, 0.2) is 5.10 Å². The van der Waals surface area contributed by atoms with Crippen molar-refractivity contribution < 1.29 is 81.7 Å². The number of anilines is 1. The number of halogens is 2. The zero-order valence-corrected chi connectivity index (χ0v) is 28.8. The zero-order valence-electron chi connectivity index (χ0n) is 24.8. The SMILES string of the molecule is Cc1c(C)c(O)c(C2=[C-]C(c3c(O)c(C)c(C)c(C)c3O)=NN(c3c(O)c(C)c(C)c(C)c3O)N2)c(O)c1C.[Cl-].[Cl-].[Zr+3]. The van der Waals surface area contributed by atoms with Gasteiger partial charge in [-0.15, -0.1) is 6.08 Å². The van der Waals surface area contributed by atoms with Crippen molar-refractivity contribution in [1.82, 2.24) is 5.43 Å². The Bertz CT molecular complexity index is 1570.